The Labute approximate surface area is 234 Å². The Hall–Kier alpha value is -3.20. The number of aromatic nitrogens is 1. The normalized spacial score (nSPS) is 15.0. The van der Waals surface area contributed by atoms with Gasteiger partial charge in [0.25, 0.3) is 0 Å². The summed E-state index contributed by atoms with van der Waals surface area (Å²) >= 11 is 0. The fourth-order valence-electron chi connectivity index (χ4n) is 4.84. The average Bonchev–Trinajstić information content (AvgIpc) is 3.14. The molecule has 0 bridgehead atoms. The van der Waals surface area contributed by atoms with Crippen molar-refractivity contribution >= 4 is 16.9 Å². The van der Waals surface area contributed by atoms with Crippen LogP contribution < -0.4 is 9.47 Å². The van der Waals surface area contributed by atoms with Crippen molar-refractivity contribution in [3.05, 3.63) is 48.5 Å². The number of hydrogen-bond acceptors (Lipinski definition) is 5. The maximum absolute atomic E-state index is 13.3. The molecule has 40 heavy (non-hydrogen) atoms. The number of ether oxygens (including phenoxy) is 3. The van der Waals surface area contributed by atoms with Crippen molar-refractivity contribution in [2.45, 2.75) is 67.4 Å². The van der Waals surface area contributed by atoms with E-state index < -0.39 is 29.6 Å². The molecule has 0 aliphatic rings. The summed E-state index contributed by atoms with van der Waals surface area (Å²) in [7, 11) is 1.77. The summed E-state index contributed by atoms with van der Waals surface area (Å²) in [5.41, 5.74) is 0.317. The number of hydrogen-bond donors (Lipinski definition) is 1. The van der Waals surface area contributed by atoms with Gasteiger partial charge in [-0.15, -0.1) is 13.2 Å². The minimum Gasteiger partial charge on any atom is -0.491 e. The molecule has 0 amide bonds. The zero-order valence-corrected chi connectivity index (χ0v) is 24.5. The largest absolute Gasteiger partial charge is 0.573 e. The number of carbonyl (C=O) groups is 1. The van der Waals surface area contributed by atoms with Gasteiger partial charge in [0.1, 0.15) is 30.8 Å². The third-order valence-corrected chi connectivity index (χ3v) is 7.25. The van der Waals surface area contributed by atoms with Crippen molar-refractivity contribution < 1.29 is 37.3 Å². The Balaban J connectivity index is 1.74. The molecule has 0 aliphatic heterocycles. The number of halogens is 3. The second-order valence-electron chi connectivity index (χ2n) is 12.7. The molecule has 0 spiro atoms. The molecule has 0 aliphatic carbocycles. The van der Waals surface area contributed by atoms with Crippen LogP contribution >= 0.6 is 0 Å². The Morgan fingerprint density at radius 3 is 2.17 bits per heavy atom. The highest BCUT2D eigenvalue weighted by Gasteiger charge is 2.47. The number of alkyl halides is 3. The highest BCUT2D eigenvalue weighted by Crippen LogP contribution is 2.47. The van der Waals surface area contributed by atoms with Crippen molar-refractivity contribution in [2.75, 3.05) is 13.2 Å². The van der Waals surface area contributed by atoms with E-state index in [9.17, 15) is 23.1 Å². The van der Waals surface area contributed by atoms with E-state index in [4.69, 9.17) is 9.47 Å². The van der Waals surface area contributed by atoms with Gasteiger partial charge in [-0.25, -0.2) is 0 Å². The van der Waals surface area contributed by atoms with Crippen molar-refractivity contribution in [2.24, 2.45) is 23.3 Å². The van der Waals surface area contributed by atoms with Crippen LogP contribution in [0.25, 0.3) is 22.2 Å². The third-order valence-electron chi connectivity index (χ3n) is 7.25. The quantitative estimate of drug-likeness (QED) is 0.273. The number of aryl methyl sites for hydroxylation is 1. The van der Waals surface area contributed by atoms with E-state index in [0.717, 1.165) is 17.0 Å². The molecule has 1 heterocycles. The van der Waals surface area contributed by atoms with E-state index in [0.29, 0.717) is 12.1 Å². The van der Waals surface area contributed by atoms with Crippen LogP contribution in [0.4, 0.5) is 13.2 Å². The molecule has 3 aromatic rings. The van der Waals surface area contributed by atoms with Crippen LogP contribution in [0.15, 0.2) is 48.5 Å². The Kier molecular flexibility index (Phi) is 8.89. The summed E-state index contributed by atoms with van der Waals surface area (Å²) in [6, 6.07) is 13.4. The zero-order chi connectivity index (χ0) is 30.1. The lowest BCUT2D eigenvalue weighted by Crippen LogP contribution is -2.45. The molecule has 3 rings (SSSR count). The van der Waals surface area contributed by atoms with Crippen molar-refractivity contribution in [1.29, 1.82) is 0 Å². The van der Waals surface area contributed by atoms with Gasteiger partial charge in [0, 0.05) is 29.6 Å². The number of aliphatic hydroxyl groups is 1. The molecule has 1 aromatic heterocycles. The Morgan fingerprint density at radius 1 is 0.950 bits per heavy atom. The van der Waals surface area contributed by atoms with Crippen LogP contribution in [0.5, 0.6) is 11.5 Å². The SMILES string of the molecule is Cn1c(-c2ccc(OCC(O)COC(=O)C(C)(CC(C)(C)C)C(C)(C)C)cc2OC(F)(F)F)cc2ccccc21. The molecule has 0 radical (unpaired) electrons. The van der Waals surface area contributed by atoms with Crippen molar-refractivity contribution in [3.8, 4) is 22.8 Å². The van der Waals surface area contributed by atoms with E-state index >= 15 is 0 Å². The number of benzene rings is 2. The minimum absolute atomic E-state index is 0.0689. The summed E-state index contributed by atoms with van der Waals surface area (Å²) in [4.78, 5) is 13.1. The summed E-state index contributed by atoms with van der Waals surface area (Å²) in [6.07, 6.45) is -5.52. The van der Waals surface area contributed by atoms with Gasteiger partial charge < -0.3 is 23.9 Å². The molecule has 0 saturated heterocycles. The lowest BCUT2D eigenvalue weighted by atomic mass is 9.61. The molecule has 2 unspecified atom stereocenters. The Bertz CT molecular complexity index is 1330. The predicted octanol–water partition coefficient (Wildman–Crippen LogP) is 7.52. The fourth-order valence-corrected chi connectivity index (χ4v) is 4.84. The number of esters is 1. The van der Waals surface area contributed by atoms with Crippen LogP contribution in [0.3, 0.4) is 0 Å². The summed E-state index contributed by atoms with van der Waals surface area (Å²) < 4.78 is 57.1. The van der Waals surface area contributed by atoms with Crippen molar-refractivity contribution in [1.82, 2.24) is 4.57 Å². The first-order valence-corrected chi connectivity index (χ1v) is 13.2. The third kappa shape index (κ3) is 7.50. The van der Waals surface area contributed by atoms with E-state index in [1.807, 2.05) is 52.0 Å². The lowest BCUT2D eigenvalue weighted by Gasteiger charge is -2.43. The van der Waals surface area contributed by atoms with Gasteiger partial charge >= 0.3 is 12.3 Å². The second-order valence-corrected chi connectivity index (χ2v) is 12.7. The van der Waals surface area contributed by atoms with Gasteiger partial charge in [0.2, 0.25) is 0 Å². The number of carbonyl (C=O) groups excluding carboxylic acids is 1. The van der Waals surface area contributed by atoms with Crippen molar-refractivity contribution in [3.63, 3.8) is 0 Å². The minimum atomic E-state index is -4.92. The van der Waals surface area contributed by atoms with Crippen LogP contribution in [0.2, 0.25) is 0 Å². The number of aliphatic hydroxyl groups excluding tert-OH is 1. The smallest absolute Gasteiger partial charge is 0.491 e. The van der Waals surface area contributed by atoms with Crippen LogP contribution in [-0.4, -0.2) is 41.3 Å². The summed E-state index contributed by atoms with van der Waals surface area (Å²) in [5, 5.41) is 11.3. The number of nitrogens with zero attached hydrogens (tertiary/aromatic N) is 1. The maximum Gasteiger partial charge on any atom is 0.573 e. The van der Waals surface area contributed by atoms with Crippen LogP contribution in [0, 0.1) is 16.2 Å². The molecule has 9 heteroatoms. The van der Waals surface area contributed by atoms with E-state index in [1.165, 1.54) is 12.1 Å². The summed E-state index contributed by atoms with van der Waals surface area (Å²) in [6.45, 7) is 13.3. The topological polar surface area (TPSA) is 69.9 Å². The average molecular weight is 564 g/mol. The number of fused-ring (bicyclic) bond motifs is 1. The standard InChI is InChI=1S/C31H40F3NO5/c1-28(2,3)19-30(7,29(4,5)6)27(37)39-18-21(36)17-38-22-13-14-23(26(16-22)40-31(32,33)34)25-15-20-11-9-10-12-24(20)35(25)8/h9-16,21,36H,17-19H2,1-8H3. The van der Waals surface area contributed by atoms with Gasteiger partial charge in [-0.3, -0.25) is 4.79 Å². The maximum atomic E-state index is 13.3. The first kappa shape index (κ1) is 31.3. The highest BCUT2D eigenvalue weighted by atomic mass is 19.4. The first-order chi connectivity index (χ1) is 18.3. The van der Waals surface area contributed by atoms with Gasteiger partial charge in [0.15, 0.2) is 0 Å². The fraction of sp³-hybridized carbons (Fsp3) is 0.516. The molecule has 0 saturated carbocycles. The zero-order valence-electron chi connectivity index (χ0n) is 24.5. The van der Waals surface area contributed by atoms with Gasteiger partial charge in [-0.1, -0.05) is 59.7 Å². The lowest BCUT2D eigenvalue weighted by molar-refractivity contribution is -0.274. The van der Waals surface area contributed by atoms with E-state index in [2.05, 4.69) is 25.5 Å². The molecule has 6 nitrogen and oxygen atoms in total. The van der Waals surface area contributed by atoms with Crippen LogP contribution in [0.1, 0.15) is 54.9 Å². The van der Waals surface area contributed by atoms with Crippen LogP contribution in [-0.2, 0) is 16.6 Å². The van der Waals surface area contributed by atoms with Gasteiger partial charge in [-0.05, 0) is 48.4 Å². The molecular formula is C31H40F3NO5. The predicted molar refractivity (Wildman–Crippen MR) is 149 cm³/mol. The second kappa shape index (κ2) is 11.4. The molecule has 2 atom stereocenters. The summed E-state index contributed by atoms with van der Waals surface area (Å²) in [5.74, 6) is -0.784. The molecule has 0 fully saturated rings. The molecular weight excluding hydrogens is 523 g/mol. The molecule has 2 aromatic carbocycles. The first-order valence-electron chi connectivity index (χ1n) is 13.2. The number of rotatable bonds is 9. The van der Waals surface area contributed by atoms with E-state index in [-0.39, 0.29) is 35.4 Å². The monoisotopic (exact) mass is 563 g/mol. The molecule has 1 N–H and O–H groups in total. The van der Waals surface area contributed by atoms with Gasteiger partial charge in [-0.2, -0.15) is 0 Å². The van der Waals surface area contributed by atoms with E-state index in [1.54, 1.807) is 17.7 Å². The highest BCUT2D eigenvalue weighted by molar-refractivity contribution is 5.88. The number of para-hydroxylation sites is 1. The molecule has 220 valence electrons. The Morgan fingerprint density at radius 2 is 1.60 bits per heavy atom. The van der Waals surface area contributed by atoms with Gasteiger partial charge in [0.05, 0.1) is 11.1 Å².